The summed E-state index contributed by atoms with van der Waals surface area (Å²) < 4.78 is 0. The van der Waals surface area contributed by atoms with E-state index in [0.29, 0.717) is 21.3 Å². The fourth-order valence-electron chi connectivity index (χ4n) is 5.83. The Balaban J connectivity index is 1.43. The first kappa shape index (κ1) is 16.7. The van der Waals surface area contributed by atoms with E-state index in [1.165, 1.54) is 38.5 Å². The summed E-state index contributed by atoms with van der Waals surface area (Å²) >= 11 is 12.2. The molecule has 0 saturated heterocycles. The van der Waals surface area contributed by atoms with Crippen LogP contribution in [0.15, 0.2) is 18.2 Å². The topological polar surface area (TPSA) is 45.7 Å². The number of amides is 1. The van der Waals surface area contributed by atoms with Crippen molar-refractivity contribution in [1.82, 2.24) is 0 Å². The molecule has 1 aromatic rings. The van der Waals surface area contributed by atoms with Gasteiger partial charge in [0.15, 0.2) is 6.04 Å². The van der Waals surface area contributed by atoms with Gasteiger partial charge in [-0.05, 0) is 62.1 Å². The zero-order valence-electron chi connectivity index (χ0n) is 14.0. The minimum Gasteiger partial charge on any atom is -0.331 e. The van der Waals surface area contributed by atoms with Crippen molar-refractivity contribution in [2.45, 2.75) is 57.0 Å². The fourth-order valence-corrected chi connectivity index (χ4v) is 6.16. The molecule has 5 rings (SSSR count). The number of halogens is 2. The molecule has 1 aromatic carbocycles. The van der Waals surface area contributed by atoms with Crippen LogP contribution in [0.4, 0.5) is 5.69 Å². The second-order valence-electron chi connectivity index (χ2n) is 8.35. The van der Waals surface area contributed by atoms with E-state index in [4.69, 9.17) is 23.2 Å². The van der Waals surface area contributed by atoms with E-state index in [9.17, 15) is 4.79 Å². The van der Waals surface area contributed by atoms with Gasteiger partial charge in [0.25, 0.3) is 5.91 Å². The number of carbonyl (C=O) groups is 1. The number of nitrogens with one attached hydrogen (secondary N) is 1. The summed E-state index contributed by atoms with van der Waals surface area (Å²) in [6.45, 7) is 2.01. The number of hydrogen-bond donors (Lipinski definition) is 2. The Morgan fingerprint density at radius 1 is 1.17 bits per heavy atom. The first-order valence-corrected chi connectivity index (χ1v) is 9.80. The molecule has 3 nitrogen and oxygen atoms in total. The van der Waals surface area contributed by atoms with Crippen LogP contribution in [0.3, 0.4) is 0 Å². The number of quaternary nitrogens is 1. The lowest BCUT2D eigenvalue weighted by Gasteiger charge is -2.55. The molecule has 4 saturated carbocycles. The standard InChI is InChI=1S/C19H24Cl2N2O/c1-11(18(24)22-17-7-15(20)2-3-16(17)21)23-19-8-12-4-13(9-19)6-14(5-12)10-19/h2-3,7,11-14,23H,4-6,8-10H2,1H3,(H,22,24)/p+1/t11-,12?,13?,14?,19?/m1/s1. The Bertz CT molecular complexity index is 625. The van der Waals surface area contributed by atoms with Crippen LogP contribution < -0.4 is 10.6 Å². The predicted octanol–water partition coefficient (Wildman–Crippen LogP) is 3.85. The summed E-state index contributed by atoms with van der Waals surface area (Å²) in [4.78, 5) is 12.7. The van der Waals surface area contributed by atoms with Crippen molar-refractivity contribution in [3.8, 4) is 0 Å². The lowest BCUT2D eigenvalue weighted by Crippen LogP contribution is -3.03. The average Bonchev–Trinajstić information content (AvgIpc) is 2.49. The van der Waals surface area contributed by atoms with E-state index in [1.54, 1.807) is 18.2 Å². The highest BCUT2D eigenvalue weighted by molar-refractivity contribution is 6.35. The van der Waals surface area contributed by atoms with Crippen LogP contribution in [0.5, 0.6) is 0 Å². The number of benzene rings is 1. The van der Waals surface area contributed by atoms with Gasteiger partial charge < -0.3 is 10.6 Å². The molecule has 0 heterocycles. The van der Waals surface area contributed by atoms with Crippen molar-refractivity contribution in [3.05, 3.63) is 28.2 Å². The van der Waals surface area contributed by atoms with E-state index in [-0.39, 0.29) is 11.9 Å². The van der Waals surface area contributed by atoms with Gasteiger partial charge >= 0.3 is 0 Å². The molecule has 24 heavy (non-hydrogen) atoms. The summed E-state index contributed by atoms with van der Waals surface area (Å²) in [5.74, 6) is 2.69. The van der Waals surface area contributed by atoms with Crippen molar-refractivity contribution in [2.24, 2.45) is 17.8 Å². The van der Waals surface area contributed by atoms with Crippen LogP contribution in [0.25, 0.3) is 0 Å². The second kappa shape index (κ2) is 6.19. The first-order chi connectivity index (χ1) is 11.4. The van der Waals surface area contributed by atoms with Gasteiger partial charge in [0.05, 0.1) is 16.2 Å². The zero-order valence-corrected chi connectivity index (χ0v) is 15.5. The summed E-state index contributed by atoms with van der Waals surface area (Å²) in [7, 11) is 0. The Kier molecular flexibility index (Phi) is 4.30. The second-order valence-corrected chi connectivity index (χ2v) is 9.19. The SMILES string of the molecule is C[C@@H]([NH2+]C12CC3CC(CC(C3)C1)C2)C(=O)Nc1cc(Cl)ccc1Cl. The van der Waals surface area contributed by atoms with Gasteiger partial charge in [-0.3, -0.25) is 4.79 Å². The maximum atomic E-state index is 12.7. The molecular formula is C19H25Cl2N2O+. The fraction of sp³-hybridized carbons (Fsp3) is 0.632. The van der Waals surface area contributed by atoms with Gasteiger partial charge in [-0.2, -0.15) is 0 Å². The Hall–Kier alpha value is -0.770. The minimum absolute atomic E-state index is 0.00918. The number of rotatable bonds is 4. The van der Waals surface area contributed by atoms with Gasteiger partial charge in [0.2, 0.25) is 0 Å². The first-order valence-electron chi connectivity index (χ1n) is 9.04. The molecule has 0 aliphatic heterocycles. The molecule has 4 aliphatic rings. The summed E-state index contributed by atoms with van der Waals surface area (Å²) in [6, 6.07) is 5.03. The highest BCUT2D eigenvalue weighted by Crippen LogP contribution is 2.54. The Labute approximate surface area is 153 Å². The molecular weight excluding hydrogens is 343 g/mol. The predicted molar refractivity (Wildman–Crippen MR) is 97.4 cm³/mol. The van der Waals surface area contributed by atoms with E-state index in [1.807, 2.05) is 6.92 Å². The molecule has 0 radical (unpaired) electrons. The molecule has 1 amide bonds. The van der Waals surface area contributed by atoms with Crippen LogP contribution in [-0.4, -0.2) is 17.5 Å². The quantitative estimate of drug-likeness (QED) is 0.833. The summed E-state index contributed by atoms with van der Waals surface area (Å²) in [5.41, 5.74) is 0.892. The normalized spacial score (nSPS) is 35.0. The van der Waals surface area contributed by atoms with Gasteiger partial charge in [-0.1, -0.05) is 23.2 Å². The van der Waals surface area contributed by atoms with Crippen LogP contribution in [0.2, 0.25) is 10.0 Å². The number of nitrogens with two attached hydrogens (primary N) is 1. The van der Waals surface area contributed by atoms with Gasteiger partial charge in [-0.15, -0.1) is 0 Å². The molecule has 4 aliphatic carbocycles. The number of carbonyl (C=O) groups excluding carboxylic acids is 1. The van der Waals surface area contributed by atoms with Crippen LogP contribution in [-0.2, 0) is 4.79 Å². The molecule has 0 aromatic heterocycles. The monoisotopic (exact) mass is 367 g/mol. The maximum absolute atomic E-state index is 12.7. The molecule has 1 atom stereocenters. The summed E-state index contributed by atoms with van der Waals surface area (Å²) in [5, 5.41) is 6.40. The minimum atomic E-state index is -0.115. The number of hydrogen-bond acceptors (Lipinski definition) is 1. The average molecular weight is 368 g/mol. The van der Waals surface area contributed by atoms with Crippen LogP contribution >= 0.6 is 23.2 Å². The smallest absolute Gasteiger partial charge is 0.282 e. The number of anilines is 1. The van der Waals surface area contributed by atoms with Crippen molar-refractivity contribution in [3.63, 3.8) is 0 Å². The third-order valence-corrected chi connectivity index (χ3v) is 6.85. The Morgan fingerprint density at radius 2 is 1.75 bits per heavy atom. The van der Waals surface area contributed by atoms with E-state index in [0.717, 1.165) is 17.8 Å². The van der Waals surface area contributed by atoms with Gasteiger partial charge in [0.1, 0.15) is 0 Å². The van der Waals surface area contributed by atoms with Crippen molar-refractivity contribution in [1.29, 1.82) is 0 Å². The van der Waals surface area contributed by atoms with E-state index < -0.39 is 0 Å². The van der Waals surface area contributed by atoms with E-state index >= 15 is 0 Å². The maximum Gasteiger partial charge on any atom is 0.282 e. The van der Waals surface area contributed by atoms with Crippen molar-refractivity contribution >= 4 is 34.8 Å². The van der Waals surface area contributed by atoms with Crippen LogP contribution in [0, 0.1) is 17.8 Å². The van der Waals surface area contributed by atoms with Crippen molar-refractivity contribution < 1.29 is 10.1 Å². The highest BCUT2D eigenvalue weighted by atomic mass is 35.5. The largest absolute Gasteiger partial charge is 0.331 e. The van der Waals surface area contributed by atoms with Crippen LogP contribution in [0.1, 0.15) is 45.4 Å². The van der Waals surface area contributed by atoms with Gasteiger partial charge in [-0.25, -0.2) is 0 Å². The molecule has 130 valence electrons. The third kappa shape index (κ3) is 3.18. The lowest BCUT2D eigenvalue weighted by molar-refractivity contribution is -0.754. The molecule has 5 heteroatoms. The highest BCUT2D eigenvalue weighted by Gasteiger charge is 2.54. The van der Waals surface area contributed by atoms with Gasteiger partial charge in [0, 0.05) is 24.3 Å². The molecule has 0 unspecified atom stereocenters. The van der Waals surface area contributed by atoms with Crippen molar-refractivity contribution in [2.75, 3.05) is 5.32 Å². The molecule has 4 fully saturated rings. The zero-order chi connectivity index (χ0) is 16.9. The van der Waals surface area contributed by atoms with E-state index in [2.05, 4.69) is 10.6 Å². The molecule has 3 N–H and O–H groups in total. The molecule has 0 spiro atoms. The third-order valence-electron chi connectivity index (χ3n) is 6.29. The molecule has 4 bridgehead atoms. The summed E-state index contributed by atoms with van der Waals surface area (Å²) in [6.07, 6.45) is 8.13. The Morgan fingerprint density at radius 3 is 2.33 bits per heavy atom. The lowest BCUT2D eigenvalue weighted by atomic mass is 9.53.